The van der Waals surface area contributed by atoms with E-state index in [9.17, 15) is 0 Å². The van der Waals surface area contributed by atoms with Crippen molar-refractivity contribution in [2.24, 2.45) is 0 Å². The molecular formula is CH10B2FN. The van der Waals surface area contributed by atoms with Gasteiger partial charge in [-0.2, -0.15) is 0 Å². The van der Waals surface area contributed by atoms with Gasteiger partial charge in [-0.05, 0) is 0 Å². The summed E-state index contributed by atoms with van der Waals surface area (Å²) in [6.07, 6.45) is 0. The Kier molecular flexibility index (Phi) is 6730. The second-order valence-corrected chi connectivity index (χ2v) is 0. The van der Waals surface area contributed by atoms with Crippen molar-refractivity contribution in [2.45, 2.75) is 7.43 Å². The Morgan fingerprint density at radius 2 is 1.80 bits per heavy atom. The van der Waals surface area contributed by atoms with Crippen molar-refractivity contribution in [1.29, 1.82) is 5.31 Å². The van der Waals surface area contributed by atoms with E-state index >= 15 is 0 Å². The first-order chi connectivity index (χ1) is 2.00. The van der Waals surface area contributed by atoms with E-state index in [0.29, 0.717) is 0 Å². The third kappa shape index (κ3) is 680. The average molecular weight is 80.7 g/mol. The number of nitrogens with one attached hydrogen (secondary N) is 1. The standard InChI is InChI=1S/CH4.BHN.B.FH.2H2/c;1-2;;;;/h1H4;2H;;3*1H/i;;;;1+2D;1+1. The fourth-order valence-corrected chi connectivity index (χ4v) is 0. The van der Waals surface area contributed by atoms with Gasteiger partial charge in [-0.1, -0.05) is 7.43 Å². The van der Waals surface area contributed by atoms with Gasteiger partial charge in [-0.3, -0.25) is 4.70 Å². The third-order valence-electron chi connectivity index (χ3n) is 0. The van der Waals surface area contributed by atoms with Crippen molar-refractivity contribution in [3.8, 4) is 0 Å². The van der Waals surface area contributed by atoms with Gasteiger partial charge in [0.25, 0.3) is 0 Å². The number of halogens is 1. The van der Waals surface area contributed by atoms with E-state index in [2.05, 4.69) is 7.64 Å². The van der Waals surface area contributed by atoms with Gasteiger partial charge in [0, 0.05) is 12.8 Å². The zero-order valence-corrected chi connectivity index (χ0v) is 2.06. The Labute approximate surface area is 39.2 Å². The van der Waals surface area contributed by atoms with E-state index < -0.39 is 0 Å². The number of hydrogen-bond donors (Lipinski definition) is 1. The summed E-state index contributed by atoms with van der Waals surface area (Å²) in [5.41, 5.74) is 0. The van der Waals surface area contributed by atoms with Gasteiger partial charge in [0.2, 0.25) is 0 Å². The van der Waals surface area contributed by atoms with Crippen LogP contribution in [0.4, 0.5) is 4.70 Å². The Balaban J connectivity index is -0.00000000167. The molecule has 0 aliphatic rings. The molecule has 0 aromatic carbocycles. The summed E-state index contributed by atoms with van der Waals surface area (Å²) in [4.78, 5) is 0. The van der Waals surface area contributed by atoms with Gasteiger partial charge in [0.05, 0.1) is 0 Å². The zero-order valence-electron chi connectivity index (χ0n) is 4.06. The predicted octanol–water partition coefficient (Wildman–Crippen LogP) is 0.817. The first-order valence-corrected chi connectivity index (χ1v) is 0.289. The van der Waals surface area contributed by atoms with Crippen LogP contribution < -0.4 is 0 Å². The van der Waals surface area contributed by atoms with Crippen LogP contribution in [0.2, 0.25) is 0 Å². The minimum absolute atomic E-state index is 0. The molecule has 0 aliphatic carbocycles. The van der Waals surface area contributed by atoms with Gasteiger partial charge in [-0.25, -0.2) is 0 Å². The summed E-state index contributed by atoms with van der Waals surface area (Å²) < 4.78 is 10.0. The first kappa shape index (κ1) is 20.9. The molecule has 0 atom stereocenters. The van der Waals surface area contributed by atoms with Gasteiger partial charge in [-0.15, -0.1) is 0 Å². The molecule has 32 valence electrons. The maximum absolute atomic E-state index is 5.25. The molecule has 1 N–H and O–H groups in total. The summed E-state index contributed by atoms with van der Waals surface area (Å²) in [5.74, 6) is 0. The molecule has 0 heterocycles. The molecule has 4 radical (unpaired) electrons. The van der Waals surface area contributed by atoms with E-state index in [-0.39, 0.29) is 22.0 Å². The van der Waals surface area contributed by atoms with Crippen molar-refractivity contribution in [1.82, 2.24) is 0 Å². The van der Waals surface area contributed by atoms with Crippen LogP contribution in [-0.2, 0) is 0 Å². The molecule has 0 unspecified atom stereocenters. The van der Waals surface area contributed by atoms with Crippen LogP contribution in [0, 0.1) is 5.31 Å². The van der Waals surface area contributed by atoms with Crippen LogP contribution in [0.3, 0.4) is 0 Å². The summed E-state index contributed by atoms with van der Waals surface area (Å²) in [5, 5.41) is 5.25. The second-order valence-electron chi connectivity index (χ2n) is 0. The summed E-state index contributed by atoms with van der Waals surface area (Å²) in [7, 11) is 3.75. The van der Waals surface area contributed by atoms with Crippen molar-refractivity contribution < 1.29 is 9.10 Å². The molecule has 0 rings (SSSR count). The van der Waals surface area contributed by atoms with E-state index in [4.69, 9.17) is 8.28 Å². The van der Waals surface area contributed by atoms with Gasteiger partial charge >= 0.3 is 13.0 Å². The summed E-state index contributed by atoms with van der Waals surface area (Å²) >= 11 is 0. The fourth-order valence-electron chi connectivity index (χ4n) is 0. The van der Waals surface area contributed by atoms with Crippen molar-refractivity contribution >= 4 is 16.1 Å². The SMILES string of the molecule is C.F.[2HH].[2H][3H].[B].[B]=N. The van der Waals surface area contributed by atoms with Crippen molar-refractivity contribution in [3.05, 3.63) is 0 Å². The van der Waals surface area contributed by atoms with E-state index in [0.717, 1.165) is 0 Å². The minimum atomic E-state index is 0. The number of hydrogen-bond acceptors (Lipinski definition) is 1. The topological polar surface area (TPSA) is 23.9 Å². The van der Waals surface area contributed by atoms with Crippen molar-refractivity contribution in [2.75, 3.05) is 0 Å². The van der Waals surface area contributed by atoms with Crippen LogP contribution in [-0.4, -0.2) is 16.1 Å². The van der Waals surface area contributed by atoms with Crippen LogP contribution in [0.1, 0.15) is 11.8 Å². The van der Waals surface area contributed by atoms with E-state index in [1.54, 1.807) is 0 Å². The van der Waals surface area contributed by atoms with E-state index in [1.165, 1.54) is 0 Å². The third-order valence-corrected chi connectivity index (χ3v) is 0. The summed E-state index contributed by atoms with van der Waals surface area (Å²) in [6, 6.07) is 0. The second kappa shape index (κ2) is 1610. The molecule has 0 saturated heterocycles. The monoisotopic (exact) mass is 81.1 g/mol. The molecule has 0 amide bonds. The molecule has 0 aromatic rings. The van der Waals surface area contributed by atoms with Gasteiger partial charge in [0.1, 0.15) is 0 Å². The molecule has 0 fully saturated rings. The van der Waals surface area contributed by atoms with Crippen LogP contribution in [0.25, 0.3) is 0 Å². The Morgan fingerprint density at radius 3 is 1.80 bits per heavy atom. The zero-order chi connectivity index (χ0) is 4.00. The van der Waals surface area contributed by atoms with Crippen LogP contribution in [0.15, 0.2) is 0 Å². The molecule has 0 aromatic heterocycles. The van der Waals surface area contributed by atoms with E-state index in [1.807, 2.05) is 0 Å². The molecule has 5 heavy (non-hydrogen) atoms. The normalized spacial score (nSPS) is 2.20. The molecular weight excluding hydrogens is 66.6 g/mol. The quantitative estimate of drug-likeness (QED) is 0.417. The number of rotatable bonds is 0. The average Bonchev–Trinajstić information content (AvgIpc) is 1.50. The van der Waals surface area contributed by atoms with Gasteiger partial charge < -0.3 is 0 Å². The van der Waals surface area contributed by atoms with Crippen LogP contribution >= 0.6 is 0 Å². The molecule has 0 aliphatic heterocycles. The van der Waals surface area contributed by atoms with Gasteiger partial charge in [0.15, 0.2) is 0 Å². The van der Waals surface area contributed by atoms with Crippen LogP contribution in [0.5, 0.6) is 0 Å². The Bertz CT molecular complexity index is 17.2. The summed E-state index contributed by atoms with van der Waals surface area (Å²) in [6.45, 7) is 0. The first-order valence-electron chi connectivity index (χ1n) is 1.29. The van der Waals surface area contributed by atoms with Crippen molar-refractivity contribution in [3.63, 3.8) is 0 Å². The maximum atomic E-state index is 5.25. The molecule has 4 heteroatoms. The molecule has 1 nitrogen and oxygen atoms in total. The Morgan fingerprint density at radius 1 is 1.80 bits per heavy atom. The molecule has 0 spiro atoms. The molecule has 0 saturated carbocycles. The molecule has 0 bridgehead atoms. The Hall–Kier alpha value is -0.140. The predicted molar refractivity (Wildman–Crippen MR) is 27.7 cm³/mol. The fraction of sp³-hybridized carbons (Fsp3) is 1.00.